The average molecular weight is 329 g/mol. The fraction of sp³-hybridized carbons (Fsp3) is 0.938. The van der Waals surface area contributed by atoms with Crippen molar-refractivity contribution in [3.63, 3.8) is 0 Å². The van der Waals surface area contributed by atoms with Crippen LogP contribution in [0.25, 0.3) is 0 Å². The van der Waals surface area contributed by atoms with Gasteiger partial charge in [-0.1, -0.05) is 0 Å². The highest BCUT2D eigenvalue weighted by molar-refractivity contribution is 8.00. The number of morpholine rings is 1. The molecule has 6 heteroatoms. The van der Waals surface area contributed by atoms with Crippen LogP contribution in [-0.2, 0) is 4.74 Å². The molecule has 0 aromatic heterocycles. The Bertz CT molecular complexity index is 398. The van der Waals surface area contributed by atoms with Crippen molar-refractivity contribution in [2.45, 2.75) is 38.0 Å². The maximum atomic E-state index is 5.77. The first-order valence-electron chi connectivity index (χ1n) is 8.27. The van der Waals surface area contributed by atoms with Crippen LogP contribution in [0, 0.1) is 0 Å². The number of rotatable bonds is 3. The predicted octanol–water partition coefficient (Wildman–Crippen LogP) is 1.50. The summed E-state index contributed by atoms with van der Waals surface area (Å²) in [7, 11) is 1.88. The highest BCUT2D eigenvalue weighted by Gasteiger charge is 2.29. The number of nitrogens with zero attached hydrogens (tertiary/aromatic N) is 3. The van der Waals surface area contributed by atoms with Gasteiger partial charge >= 0.3 is 0 Å². The first kappa shape index (κ1) is 17.9. The molecule has 2 saturated heterocycles. The Hall–Kier alpha value is -0.460. The molecule has 128 valence electrons. The van der Waals surface area contributed by atoms with Crippen LogP contribution in [0.2, 0.25) is 0 Å². The van der Waals surface area contributed by atoms with E-state index in [9.17, 15) is 0 Å². The van der Waals surface area contributed by atoms with E-state index < -0.39 is 0 Å². The maximum absolute atomic E-state index is 5.77. The smallest absolute Gasteiger partial charge is 0.193 e. The lowest BCUT2D eigenvalue weighted by molar-refractivity contribution is -0.0852. The summed E-state index contributed by atoms with van der Waals surface area (Å²) in [4.78, 5) is 9.33. The molecule has 2 heterocycles. The molecule has 0 spiro atoms. The Morgan fingerprint density at radius 1 is 1.23 bits per heavy atom. The van der Waals surface area contributed by atoms with Crippen molar-refractivity contribution in [3.8, 4) is 0 Å². The van der Waals surface area contributed by atoms with Gasteiger partial charge in [-0.25, -0.2) is 0 Å². The molecule has 2 rings (SSSR count). The molecular formula is C16H32N4OS. The van der Waals surface area contributed by atoms with Gasteiger partial charge in [0, 0.05) is 56.8 Å². The third-order valence-corrected chi connectivity index (χ3v) is 5.45. The minimum Gasteiger partial charge on any atom is -0.373 e. The fourth-order valence-corrected chi connectivity index (χ4v) is 4.27. The summed E-state index contributed by atoms with van der Waals surface area (Å²) in [5.41, 5.74) is -0.0198. The molecule has 0 aromatic rings. The first-order chi connectivity index (χ1) is 10.3. The van der Waals surface area contributed by atoms with Crippen molar-refractivity contribution < 1.29 is 4.74 Å². The molecule has 0 bridgehead atoms. The van der Waals surface area contributed by atoms with E-state index in [2.05, 4.69) is 59.6 Å². The molecule has 0 amide bonds. The van der Waals surface area contributed by atoms with Gasteiger partial charge in [-0.05, 0) is 27.7 Å². The first-order valence-corrected chi connectivity index (χ1v) is 9.26. The standard InChI is InChI=1S/C16H32N4OS/c1-15(2)12-19(8-10-21-15)7-6-18-14(17-5)20-9-11-22-16(3,4)13-20/h6-13H2,1-5H3,(H,17,18). The molecule has 0 aromatic carbocycles. The van der Waals surface area contributed by atoms with Crippen molar-refractivity contribution in [2.24, 2.45) is 4.99 Å². The predicted molar refractivity (Wildman–Crippen MR) is 95.9 cm³/mol. The second-order valence-electron chi connectivity index (χ2n) is 7.39. The minimum absolute atomic E-state index is 0.0198. The Labute approximate surface area is 139 Å². The molecule has 0 aliphatic carbocycles. The zero-order chi connectivity index (χ0) is 16.2. The van der Waals surface area contributed by atoms with Crippen molar-refractivity contribution in [3.05, 3.63) is 0 Å². The van der Waals surface area contributed by atoms with Crippen LogP contribution in [-0.4, -0.2) is 84.8 Å². The van der Waals surface area contributed by atoms with E-state index in [1.165, 1.54) is 5.75 Å². The van der Waals surface area contributed by atoms with Gasteiger partial charge in [0.1, 0.15) is 0 Å². The van der Waals surface area contributed by atoms with Gasteiger partial charge in [-0.3, -0.25) is 9.89 Å². The molecule has 0 radical (unpaired) electrons. The fourth-order valence-electron chi connectivity index (χ4n) is 3.16. The largest absolute Gasteiger partial charge is 0.373 e. The topological polar surface area (TPSA) is 40.1 Å². The monoisotopic (exact) mass is 328 g/mol. The molecule has 2 fully saturated rings. The molecule has 22 heavy (non-hydrogen) atoms. The Balaban J connectivity index is 1.77. The lowest BCUT2D eigenvalue weighted by Crippen LogP contribution is -2.53. The quantitative estimate of drug-likeness (QED) is 0.628. The van der Waals surface area contributed by atoms with Crippen LogP contribution >= 0.6 is 11.8 Å². The number of ether oxygens (including phenoxy) is 1. The summed E-state index contributed by atoms with van der Waals surface area (Å²) in [5.74, 6) is 2.21. The lowest BCUT2D eigenvalue weighted by Gasteiger charge is -2.40. The third-order valence-electron chi connectivity index (χ3n) is 4.15. The molecule has 1 N–H and O–H groups in total. The van der Waals surface area contributed by atoms with E-state index in [0.29, 0.717) is 4.75 Å². The average Bonchev–Trinajstić information content (AvgIpc) is 2.41. The third kappa shape index (κ3) is 5.32. The summed E-state index contributed by atoms with van der Waals surface area (Å²) in [6.45, 7) is 15.9. The van der Waals surface area contributed by atoms with Crippen LogP contribution in [0.4, 0.5) is 0 Å². The summed E-state index contributed by atoms with van der Waals surface area (Å²) in [6.07, 6.45) is 0. The minimum atomic E-state index is -0.0198. The number of guanidine groups is 1. The van der Waals surface area contributed by atoms with Gasteiger partial charge in [0.05, 0.1) is 12.2 Å². The summed E-state index contributed by atoms with van der Waals surface area (Å²) >= 11 is 2.05. The Morgan fingerprint density at radius 2 is 2.00 bits per heavy atom. The van der Waals surface area contributed by atoms with Crippen molar-refractivity contribution in [2.75, 3.05) is 58.7 Å². The lowest BCUT2D eigenvalue weighted by atomic mass is 10.1. The van der Waals surface area contributed by atoms with Crippen LogP contribution in [0.3, 0.4) is 0 Å². The van der Waals surface area contributed by atoms with Gasteiger partial charge < -0.3 is 15.0 Å². The van der Waals surface area contributed by atoms with Crippen molar-refractivity contribution in [1.29, 1.82) is 0 Å². The number of hydrogen-bond acceptors (Lipinski definition) is 4. The van der Waals surface area contributed by atoms with E-state index in [0.717, 1.165) is 51.8 Å². The normalized spacial score (nSPS) is 26.0. The van der Waals surface area contributed by atoms with Gasteiger partial charge in [-0.15, -0.1) is 0 Å². The second kappa shape index (κ2) is 7.41. The summed E-state index contributed by atoms with van der Waals surface area (Å²) in [6, 6.07) is 0. The summed E-state index contributed by atoms with van der Waals surface area (Å²) in [5, 5.41) is 3.54. The zero-order valence-electron chi connectivity index (χ0n) is 14.8. The summed E-state index contributed by atoms with van der Waals surface area (Å²) < 4.78 is 6.08. The molecule has 0 atom stereocenters. The van der Waals surface area contributed by atoms with Gasteiger partial charge in [-0.2, -0.15) is 11.8 Å². The van der Waals surface area contributed by atoms with Crippen LogP contribution in [0.1, 0.15) is 27.7 Å². The van der Waals surface area contributed by atoms with Gasteiger partial charge in [0.15, 0.2) is 5.96 Å². The van der Waals surface area contributed by atoms with E-state index in [-0.39, 0.29) is 5.60 Å². The molecule has 2 aliphatic heterocycles. The zero-order valence-corrected chi connectivity index (χ0v) is 15.6. The molecule has 2 aliphatic rings. The number of nitrogens with one attached hydrogen (secondary N) is 1. The number of aliphatic imine (C=N–C) groups is 1. The maximum Gasteiger partial charge on any atom is 0.193 e. The highest BCUT2D eigenvalue weighted by Crippen LogP contribution is 2.29. The number of hydrogen-bond donors (Lipinski definition) is 1. The van der Waals surface area contributed by atoms with E-state index in [1.54, 1.807) is 0 Å². The molecule has 0 saturated carbocycles. The second-order valence-corrected chi connectivity index (χ2v) is 9.19. The van der Waals surface area contributed by atoms with E-state index in [4.69, 9.17) is 4.74 Å². The number of thioether (sulfide) groups is 1. The van der Waals surface area contributed by atoms with Gasteiger partial charge in [0.2, 0.25) is 0 Å². The van der Waals surface area contributed by atoms with Gasteiger partial charge in [0.25, 0.3) is 0 Å². The molecule has 5 nitrogen and oxygen atoms in total. The highest BCUT2D eigenvalue weighted by atomic mass is 32.2. The van der Waals surface area contributed by atoms with Crippen LogP contribution in [0.5, 0.6) is 0 Å². The Morgan fingerprint density at radius 3 is 2.64 bits per heavy atom. The van der Waals surface area contributed by atoms with Crippen LogP contribution < -0.4 is 5.32 Å². The molecule has 0 unspecified atom stereocenters. The molecular weight excluding hydrogens is 296 g/mol. The van der Waals surface area contributed by atoms with E-state index >= 15 is 0 Å². The van der Waals surface area contributed by atoms with Crippen molar-refractivity contribution in [1.82, 2.24) is 15.1 Å². The van der Waals surface area contributed by atoms with Crippen molar-refractivity contribution >= 4 is 17.7 Å². The Kier molecular flexibility index (Phi) is 6.02. The SMILES string of the molecule is CN=C(NCCN1CCOC(C)(C)C1)N1CCSC(C)(C)C1. The van der Waals surface area contributed by atoms with E-state index in [1.807, 2.05) is 7.05 Å². The van der Waals surface area contributed by atoms with Crippen LogP contribution in [0.15, 0.2) is 4.99 Å².